The molecule has 1 aromatic carbocycles. The number of nitrogens with zero attached hydrogens (tertiary/aromatic N) is 1. The van der Waals surface area contributed by atoms with E-state index in [1.165, 1.54) is 12.3 Å². The number of hydrogen-bond acceptors (Lipinski definition) is 3. The summed E-state index contributed by atoms with van der Waals surface area (Å²) in [7, 11) is -3.63. The lowest BCUT2D eigenvalue weighted by Gasteiger charge is -2.07. The molecule has 2 aromatic rings. The van der Waals surface area contributed by atoms with Crippen LogP contribution in [0.2, 0.25) is 0 Å². The summed E-state index contributed by atoms with van der Waals surface area (Å²) in [6.07, 6.45) is 1.53. The van der Waals surface area contributed by atoms with E-state index < -0.39 is 10.0 Å². The van der Waals surface area contributed by atoms with Gasteiger partial charge in [0.05, 0.1) is 6.61 Å². The minimum atomic E-state index is -3.63. The first kappa shape index (κ1) is 14.6. The molecule has 2 rings (SSSR count). The highest BCUT2D eigenvalue weighted by atomic mass is 32.2. The maximum atomic E-state index is 12.3. The highest BCUT2D eigenvalue weighted by Crippen LogP contribution is 2.19. The Labute approximate surface area is 118 Å². The van der Waals surface area contributed by atoms with E-state index >= 15 is 0 Å². The lowest BCUT2D eigenvalue weighted by Crippen LogP contribution is -2.12. The third-order valence-electron chi connectivity index (χ3n) is 3.04. The SMILES string of the molecule is CCn1cc(S(=O)(=O)Nc2cccc(C)c2)cc1CO. The van der Waals surface area contributed by atoms with Crippen LogP contribution in [0, 0.1) is 6.92 Å². The van der Waals surface area contributed by atoms with E-state index in [4.69, 9.17) is 0 Å². The predicted octanol–water partition coefficient (Wildman–Crippen LogP) is 2.11. The quantitative estimate of drug-likeness (QED) is 0.887. The number of rotatable bonds is 5. The summed E-state index contributed by atoms with van der Waals surface area (Å²) in [6.45, 7) is 4.21. The molecular weight excluding hydrogens is 276 g/mol. The molecular formula is C14H18N2O3S. The Morgan fingerprint density at radius 3 is 2.60 bits per heavy atom. The van der Waals surface area contributed by atoms with Crippen LogP contribution in [0.4, 0.5) is 5.69 Å². The lowest BCUT2D eigenvalue weighted by atomic mass is 10.2. The molecule has 0 atom stereocenters. The standard InChI is InChI=1S/C14H18N2O3S/c1-3-16-9-14(8-13(16)10-17)20(18,19)15-12-6-4-5-11(2)7-12/h4-9,15,17H,3,10H2,1-2H3. The van der Waals surface area contributed by atoms with E-state index in [0.717, 1.165) is 5.56 Å². The monoisotopic (exact) mass is 294 g/mol. The van der Waals surface area contributed by atoms with E-state index in [1.54, 1.807) is 22.8 Å². The molecule has 20 heavy (non-hydrogen) atoms. The van der Waals surface area contributed by atoms with E-state index in [2.05, 4.69) is 4.72 Å². The van der Waals surface area contributed by atoms with Crippen LogP contribution in [0.3, 0.4) is 0 Å². The molecule has 0 unspecified atom stereocenters. The molecule has 0 aliphatic rings. The van der Waals surface area contributed by atoms with Crippen molar-refractivity contribution in [3.63, 3.8) is 0 Å². The van der Waals surface area contributed by atoms with Crippen molar-refractivity contribution in [2.45, 2.75) is 31.9 Å². The van der Waals surface area contributed by atoms with Crippen LogP contribution < -0.4 is 4.72 Å². The second-order valence-corrected chi connectivity index (χ2v) is 6.27. The predicted molar refractivity (Wildman–Crippen MR) is 78.0 cm³/mol. The number of benzene rings is 1. The fourth-order valence-electron chi connectivity index (χ4n) is 2.02. The van der Waals surface area contributed by atoms with E-state index in [0.29, 0.717) is 17.9 Å². The fourth-order valence-corrected chi connectivity index (χ4v) is 3.13. The summed E-state index contributed by atoms with van der Waals surface area (Å²) in [5.41, 5.74) is 2.09. The number of aliphatic hydroxyl groups is 1. The Morgan fingerprint density at radius 2 is 2.05 bits per heavy atom. The van der Waals surface area contributed by atoms with Crippen LogP contribution in [0.25, 0.3) is 0 Å². The Hall–Kier alpha value is -1.79. The van der Waals surface area contributed by atoms with Gasteiger partial charge in [-0.15, -0.1) is 0 Å². The van der Waals surface area contributed by atoms with Crippen molar-refractivity contribution in [1.82, 2.24) is 4.57 Å². The van der Waals surface area contributed by atoms with Crippen LogP contribution in [0.5, 0.6) is 0 Å². The van der Waals surface area contributed by atoms with Gasteiger partial charge in [-0.25, -0.2) is 8.42 Å². The number of aromatic nitrogens is 1. The topological polar surface area (TPSA) is 71.3 Å². The Kier molecular flexibility index (Phi) is 4.15. The Bertz CT molecular complexity index is 683. The van der Waals surface area contributed by atoms with E-state index in [-0.39, 0.29) is 11.5 Å². The van der Waals surface area contributed by atoms with Gasteiger partial charge in [-0.3, -0.25) is 4.72 Å². The largest absolute Gasteiger partial charge is 0.390 e. The molecule has 0 saturated heterocycles. The summed E-state index contributed by atoms with van der Waals surface area (Å²) >= 11 is 0. The summed E-state index contributed by atoms with van der Waals surface area (Å²) in [5, 5.41) is 9.22. The zero-order valence-corrected chi connectivity index (χ0v) is 12.3. The van der Waals surface area contributed by atoms with Gasteiger partial charge >= 0.3 is 0 Å². The van der Waals surface area contributed by atoms with Crippen LogP contribution in [-0.2, 0) is 23.2 Å². The minimum Gasteiger partial charge on any atom is -0.390 e. The highest BCUT2D eigenvalue weighted by Gasteiger charge is 2.18. The lowest BCUT2D eigenvalue weighted by molar-refractivity contribution is 0.271. The number of anilines is 1. The van der Waals surface area contributed by atoms with Crippen molar-refractivity contribution < 1.29 is 13.5 Å². The van der Waals surface area contributed by atoms with Crippen molar-refractivity contribution in [3.05, 3.63) is 47.8 Å². The third kappa shape index (κ3) is 3.02. The number of nitrogens with one attached hydrogen (secondary N) is 1. The molecule has 0 spiro atoms. The molecule has 108 valence electrons. The number of hydrogen-bond donors (Lipinski definition) is 2. The zero-order valence-electron chi connectivity index (χ0n) is 11.5. The van der Waals surface area contributed by atoms with Gasteiger partial charge in [-0.1, -0.05) is 12.1 Å². The summed E-state index contributed by atoms with van der Waals surface area (Å²) < 4.78 is 28.9. The number of sulfonamides is 1. The highest BCUT2D eigenvalue weighted by molar-refractivity contribution is 7.92. The summed E-state index contributed by atoms with van der Waals surface area (Å²) in [4.78, 5) is 0.157. The van der Waals surface area contributed by atoms with Gasteiger partial charge < -0.3 is 9.67 Å². The van der Waals surface area contributed by atoms with Gasteiger partial charge in [0.1, 0.15) is 4.90 Å². The molecule has 0 fully saturated rings. The van der Waals surface area contributed by atoms with Gasteiger partial charge in [0.25, 0.3) is 10.0 Å². The minimum absolute atomic E-state index is 0.157. The third-order valence-corrected chi connectivity index (χ3v) is 4.39. The molecule has 0 aliphatic heterocycles. The molecule has 5 nitrogen and oxygen atoms in total. The van der Waals surface area contributed by atoms with Crippen molar-refractivity contribution >= 4 is 15.7 Å². The van der Waals surface area contributed by atoms with E-state index in [1.807, 2.05) is 19.9 Å². The maximum absolute atomic E-state index is 12.3. The molecule has 0 radical (unpaired) electrons. The van der Waals surface area contributed by atoms with Crippen LogP contribution in [0.15, 0.2) is 41.4 Å². The Morgan fingerprint density at radius 1 is 1.30 bits per heavy atom. The second-order valence-electron chi connectivity index (χ2n) is 4.59. The number of aryl methyl sites for hydroxylation is 2. The smallest absolute Gasteiger partial charge is 0.263 e. The second kappa shape index (κ2) is 5.68. The van der Waals surface area contributed by atoms with Crippen molar-refractivity contribution in [2.24, 2.45) is 0 Å². The average molecular weight is 294 g/mol. The van der Waals surface area contributed by atoms with Crippen molar-refractivity contribution in [1.29, 1.82) is 0 Å². The van der Waals surface area contributed by atoms with Crippen LogP contribution in [-0.4, -0.2) is 18.1 Å². The van der Waals surface area contributed by atoms with Gasteiger partial charge in [-0.2, -0.15) is 0 Å². The molecule has 1 aromatic heterocycles. The van der Waals surface area contributed by atoms with Gasteiger partial charge in [-0.05, 0) is 37.6 Å². The summed E-state index contributed by atoms with van der Waals surface area (Å²) in [6, 6.07) is 8.65. The molecule has 0 bridgehead atoms. The fraction of sp³-hybridized carbons (Fsp3) is 0.286. The van der Waals surface area contributed by atoms with Gasteiger partial charge in [0.15, 0.2) is 0 Å². The molecule has 1 heterocycles. The summed E-state index contributed by atoms with van der Waals surface area (Å²) in [5.74, 6) is 0. The number of aliphatic hydroxyl groups excluding tert-OH is 1. The molecule has 0 aliphatic carbocycles. The van der Waals surface area contributed by atoms with Crippen LogP contribution in [0.1, 0.15) is 18.2 Å². The van der Waals surface area contributed by atoms with Gasteiger partial charge in [0, 0.05) is 24.1 Å². The first-order valence-corrected chi connectivity index (χ1v) is 7.84. The van der Waals surface area contributed by atoms with Crippen molar-refractivity contribution in [2.75, 3.05) is 4.72 Å². The molecule has 0 amide bonds. The van der Waals surface area contributed by atoms with E-state index in [9.17, 15) is 13.5 Å². The molecule has 2 N–H and O–H groups in total. The zero-order chi connectivity index (χ0) is 14.8. The normalized spacial score (nSPS) is 11.6. The first-order chi connectivity index (χ1) is 9.46. The van der Waals surface area contributed by atoms with Crippen LogP contribution >= 0.6 is 0 Å². The maximum Gasteiger partial charge on any atom is 0.263 e. The van der Waals surface area contributed by atoms with Gasteiger partial charge in [0.2, 0.25) is 0 Å². The average Bonchev–Trinajstić information content (AvgIpc) is 2.82. The molecule has 6 heteroatoms. The van der Waals surface area contributed by atoms with Crippen molar-refractivity contribution in [3.8, 4) is 0 Å². The molecule has 0 saturated carbocycles. The Balaban J connectivity index is 2.33. The first-order valence-electron chi connectivity index (χ1n) is 6.35.